The normalized spacial score (nSPS) is 9.73. The summed E-state index contributed by atoms with van der Waals surface area (Å²) in [6, 6.07) is 6.95. The maximum Gasteiger partial charge on any atom is 0.344 e. The van der Waals surface area contributed by atoms with Crippen LogP contribution in [-0.2, 0) is 14.3 Å². The van der Waals surface area contributed by atoms with Gasteiger partial charge < -0.3 is 14.4 Å². The summed E-state index contributed by atoms with van der Waals surface area (Å²) in [4.78, 5) is 24.4. The van der Waals surface area contributed by atoms with Crippen LogP contribution < -0.4 is 4.74 Å². The zero-order valence-corrected chi connectivity index (χ0v) is 13.2. The monoisotopic (exact) mass is 324 g/mol. The van der Waals surface area contributed by atoms with Gasteiger partial charge in [-0.3, -0.25) is 4.79 Å². The molecule has 0 fully saturated rings. The molecule has 1 amide bonds. The van der Waals surface area contributed by atoms with Gasteiger partial charge in [0.25, 0.3) is 5.91 Å². The number of amides is 1. The van der Waals surface area contributed by atoms with Crippen LogP contribution in [0, 0.1) is 18.3 Å². The summed E-state index contributed by atoms with van der Waals surface area (Å²) in [5.41, 5.74) is 0.835. The molecule has 0 unspecified atom stereocenters. The number of ether oxygens (including phenoxy) is 2. The van der Waals surface area contributed by atoms with Gasteiger partial charge in [-0.1, -0.05) is 11.6 Å². The van der Waals surface area contributed by atoms with Crippen molar-refractivity contribution in [2.75, 3.05) is 26.8 Å². The van der Waals surface area contributed by atoms with Gasteiger partial charge >= 0.3 is 5.97 Å². The van der Waals surface area contributed by atoms with Gasteiger partial charge in [0.1, 0.15) is 5.75 Å². The summed E-state index contributed by atoms with van der Waals surface area (Å²) in [6.07, 6.45) is 0.231. The zero-order valence-electron chi connectivity index (χ0n) is 12.5. The van der Waals surface area contributed by atoms with Gasteiger partial charge in [-0.05, 0) is 30.7 Å². The molecule has 0 heterocycles. The molecule has 0 saturated carbocycles. The van der Waals surface area contributed by atoms with E-state index in [2.05, 4.69) is 0 Å². The lowest BCUT2D eigenvalue weighted by molar-refractivity contribution is -0.153. The summed E-state index contributed by atoms with van der Waals surface area (Å²) in [5.74, 6) is -0.517. The molecule has 0 saturated heterocycles. The largest absolute Gasteiger partial charge is 0.482 e. The molecule has 0 aromatic heterocycles. The molecule has 22 heavy (non-hydrogen) atoms. The summed E-state index contributed by atoms with van der Waals surface area (Å²) in [6.45, 7) is 1.46. The molecular formula is C15H17ClN2O4. The second-order valence-electron chi connectivity index (χ2n) is 4.58. The van der Waals surface area contributed by atoms with Crippen LogP contribution in [0.25, 0.3) is 0 Å². The van der Waals surface area contributed by atoms with E-state index in [1.54, 1.807) is 25.2 Å². The van der Waals surface area contributed by atoms with E-state index < -0.39 is 5.97 Å². The number of hydrogen-bond acceptors (Lipinski definition) is 5. The highest BCUT2D eigenvalue weighted by Crippen LogP contribution is 2.20. The fourth-order valence-electron chi connectivity index (χ4n) is 1.49. The Morgan fingerprint density at radius 3 is 2.73 bits per heavy atom. The molecule has 0 radical (unpaired) electrons. The Morgan fingerprint density at radius 2 is 2.09 bits per heavy atom. The van der Waals surface area contributed by atoms with Crippen molar-refractivity contribution < 1.29 is 19.1 Å². The minimum Gasteiger partial charge on any atom is -0.482 e. The van der Waals surface area contributed by atoms with Crippen molar-refractivity contribution in [1.82, 2.24) is 4.90 Å². The Labute approximate surface area is 134 Å². The number of esters is 1. The maximum atomic E-state index is 11.6. The number of likely N-dealkylation sites (N-methyl/N-ethyl adjacent to an activating group) is 1. The molecule has 0 N–H and O–H groups in total. The van der Waals surface area contributed by atoms with Crippen molar-refractivity contribution >= 4 is 23.5 Å². The third kappa shape index (κ3) is 6.02. The SMILES string of the molecule is Cc1cc(OCC(=O)OCC(=O)N(C)CCC#N)ccc1Cl. The highest BCUT2D eigenvalue weighted by molar-refractivity contribution is 6.31. The van der Waals surface area contributed by atoms with Crippen LogP contribution in [0.2, 0.25) is 5.02 Å². The average molecular weight is 325 g/mol. The van der Waals surface area contributed by atoms with Gasteiger partial charge in [0.2, 0.25) is 0 Å². The minimum atomic E-state index is -0.644. The molecular weight excluding hydrogens is 308 g/mol. The summed E-state index contributed by atoms with van der Waals surface area (Å²) >= 11 is 5.88. The summed E-state index contributed by atoms with van der Waals surface area (Å²) < 4.78 is 10.1. The van der Waals surface area contributed by atoms with Crippen molar-refractivity contribution in [3.05, 3.63) is 28.8 Å². The van der Waals surface area contributed by atoms with Gasteiger partial charge in [0.05, 0.1) is 12.5 Å². The van der Waals surface area contributed by atoms with E-state index in [0.717, 1.165) is 5.56 Å². The number of hydrogen-bond donors (Lipinski definition) is 0. The third-order valence-corrected chi connectivity index (χ3v) is 3.25. The standard InChI is InChI=1S/C15H17ClN2O4/c1-11-8-12(4-5-13(11)16)21-10-15(20)22-9-14(19)18(2)7-3-6-17/h4-5,8H,3,7,9-10H2,1-2H3. The highest BCUT2D eigenvalue weighted by atomic mass is 35.5. The number of benzene rings is 1. The lowest BCUT2D eigenvalue weighted by atomic mass is 10.2. The Balaban J connectivity index is 2.33. The smallest absolute Gasteiger partial charge is 0.344 e. The highest BCUT2D eigenvalue weighted by Gasteiger charge is 2.12. The molecule has 0 spiro atoms. The Bertz CT molecular complexity index is 583. The molecule has 0 aliphatic rings. The van der Waals surface area contributed by atoms with E-state index in [9.17, 15) is 9.59 Å². The first-order chi connectivity index (χ1) is 10.4. The van der Waals surface area contributed by atoms with Gasteiger partial charge in [-0.25, -0.2) is 4.79 Å². The molecule has 0 atom stereocenters. The fraction of sp³-hybridized carbons (Fsp3) is 0.400. The van der Waals surface area contributed by atoms with E-state index in [0.29, 0.717) is 17.3 Å². The zero-order chi connectivity index (χ0) is 16.5. The van der Waals surface area contributed by atoms with Crippen molar-refractivity contribution in [3.8, 4) is 11.8 Å². The number of nitrogens with zero attached hydrogens (tertiary/aromatic N) is 2. The van der Waals surface area contributed by atoms with Crippen LogP contribution in [0.15, 0.2) is 18.2 Å². The predicted molar refractivity (Wildman–Crippen MR) is 80.5 cm³/mol. The van der Waals surface area contributed by atoms with Crippen LogP contribution in [0.5, 0.6) is 5.75 Å². The number of carbonyl (C=O) groups excluding carboxylic acids is 2. The molecule has 0 aliphatic carbocycles. The molecule has 0 bridgehead atoms. The lowest BCUT2D eigenvalue weighted by Crippen LogP contribution is -2.32. The predicted octanol–water partition coefficient (Wildman–Crippen LogP) is 1.94. The molecule has 1 aromatic carbocycles. The van der Waals surface area contributed by atoms with Crippen molar-refractivity contribution in [1.29, 1.82) is 5.26 Å². The lowest BCUT2D eigenvalue weighted by Gasteiger charge is -2.15. The van der Waals surface area contributed by atoms with Crippen molar-refractivity contribution in [2.45, 2.75) is 13.3 Å². The second kappa shape index (κ2) is 8.90. The number of carbonyl (C=O) groups is 2. The molecule has 1 aromatic rings. The first kappa shape index (κ1) is 17.8. The Morgan fingerprint density at radius 1 is 1.36 bits per heavy atom. The molecule has 6 nitrogen and oxygen atoms in total. The van der Waals surface area contributed by atoms with Gasteiger partial charge in [-0.2, -0.15) is 5.26 Å². The number of rotatable bonds is 7. The van der Waals surface area contributed by atoms with Crippen LogP contribution in [0.1, 0.15) is 12.0 Å². The van der Waals surface area contributed by atoms with E-state index in [1.165, 1.54) is 4.90 Å². The van der Waals surface area contributed by atoms with E-state index >= 15 is 0 Å². The van der Waals surface area contributed by atoms with Crippen LogP contribution in [0.3, 0.4) is 0 Å². The van der Waals surface area contributed by atoms with Crippen LogP contribution >= 0.6 is 11.6 Å². The number of aryl methyl sites for hydroxylation is 1. The summed E-state index contributed by atoms with van der Waals surface area (Å²) in [7, 11) is 1.54. The van der Waals surface area contributed by atoms with Crippen LogP contribution in [0.4, 0.5) is 0 Å². The fourth-order valence-corrected chi connectivity index (χ4v) is 1.60. The van der Waals surface area contributed by atoms with Crippen LogP contribution in [-0.4, -0.2) is 43.6 Å². The quantitative estimate of drug-likeness (QED) is 0.716. The molecule has 1 rings (SSSR count). The third-order valence-electron chi connectivity index (χ3n) is 2.83. The molecule has 118 valence electrons. The van der Waals surface area contributed by atoms with Gasteiger partial charge in [-0.15, -0.1) is 0 Å². The second-order valence-corrected chi connectivity index (χ2v) is 4.99. The minimum absolute atomic E-state index is 0.231. The molecule has 7 heteroatoms. The Kier molecular flexibility index (Phi) is 7.20. The first-order valence-corrected chi connectivity index (χ1v) is 6.97. The van der Waals surface area contributed by atoms with E-state index in [4.69, 9.17) is 26.3 Å². The van der Waals surface area contributed by atoms with Crippen molar-refractivity contribution in [3.63, 3.8) is 0 Å². The van der Waals surface area contributed by atoms with Crippen molar-refractivity contribution in [2.24, 2.45) is 0 Å². The van der Waals surface area contributed by atoms with E-state index in [-0.39, 0.29) is 25.5 Å². The Hall–Kier alpha value is -2.26. The number of nitriles is 1. The first-order valence-electron chi connectivity index (χ1n) is 6.59. The molecule has 0 aliphatic heterocycles. The average Bonchev–Trinajstić information content (AvgIpc) is 2.51. The maximum absolute atomic E-state index is 11.6. The van der Waals surface area contributed by atoms with Gasteiger partial charge in [0, 0.05) is 18.6 Å². The van der Waals surface area contributed by atoms with E-state index in [1.807, 2.05) is 13.0 Å². The summed E-state index contributed by atoms with van der Waals surface area (Å²) in [5, 5.41) is 9.04. The number of halogens is 1. The van der Waals surface area contributed by atoms with Gasteiger partial charge in [0.15, 0.2) is 13.2 Å². The topological polar surface area (TPSA) is 79.6 Å².